The van der Waals surface area contributed by atoms with Crippen LogP contribution in [0.15, 0.2) is 18.2 Å². The number of nitrogens with one attached hydrogen (secondary N) is 1. The number of methoxy groups -OCH3 is 3. The van der Waals surface area contributed by atoms with Crippen LogP contribution in [-0.4, -0.2) is 64.9 Å². The summed E-state index contributed by atoms with van der Waals surface area (Å²) in [5.74, 6) is 1.67. The molecular weight excluding hydrogens is 308 g/mol. The molecule has 0 unspecified atom stereocenters. The smallest absolute Gasteiger partial charge is 0.251 e. The van der Waals surface area contributed by atoms with Crippen molar-refractivity contribution in [3.8, 4) is 11.5 Å². The molecule has 1 heterocycles. The molecule has 0 atom stereocenters. The number of carbonyl (C=O) groups is 1. The van der Waals surface area contributed by atoms with Gasteiger partial charge in [0.05, 0.1) is 20.8 Å². The summed E-state index contributed by atoms with van der Waals surface area (Å²) in [6.45, 7) is 4.60. The van der Waals surface area contributed by atoms with Gasteiger partial charge in [-0.15, -0.1) is 0 Å². The van der Waals surface area contributed by atoms with Gasteiger partial charge in [0.15, 0.2) is 0 Å². The summed E-state index contributed by atoms with van der Waals surface area (Å²) in [5.41, 5.74) is 0.559. The maximum Gasteiger partial charge on any atom is 0.251 e. The number of benzene rings is 1. The van der Waals surface area contributed by atoms with E-state index in [1.165, 1.54) is 0 Å². The lowest BCUT2D eigenvalue weighted by Crippen LogP contribution is -2.39. The second-order valence-electron chi connectivity index (χ2n) is 6.09. The molecule has 1 aromatic carbocycles. The van der Waals surface area contributed by atoms with Crippen molar-refractivity contribution in [2.75, 3.05) is 54.1 Å². The van der Waals surface area contributed by atoms with Crippen LogP contribution in [0.1, 0.15) is 23.2 Å². The molecule has 0 bridgehead atoms. The molecule has 1 N–H and O–H groups in total. The Bertz CT molecular complexity index is 506. The second-order valence-corrected chi connectivity index (χ2v) is 6.09. The van der Waals surface area contributed by atoms with Crippen molar-refractivity contribution < 1.29 is 19.0 Å². The SMILES string of the molecule is COCCN1CCC(CNC(=O)c2cc(OC)cc(OC)c2)CC1. The fourth-order valence-corrected chi connectivity index (χ4v) is 2.91. The highest BCUT2D eigenvalue weighted by Crippen LogP contribution is 2.22. The van der Waals surface area contributed by atoms with E-state index >= 15 is 0 Å². The third kappa shape index (κ3) is 5.39. The Morgan fingerprint density at radius 3 is 2.29 bits per heavy atom. The van der Waals surface area contributed by atoms with Crippen LogP contribution < -0.4 is 14.8 Å². The van der Waals surface area contributed by atoms with Crippen LogP contribution in [0.2, 0.25) is 0 Å². The standard InChI is InChI=1S/C18H28N2O4/c1-22-9-8-20-6-4-14(5-7-20)13-19-18(21)15-10-16(23-2)12-17(11-15)24-3/h10-12,14H,4-9,13H2,1-3H3,(H,19,21). The maximum atomic E-state index is 12.4. The van der Waals surface area contributed by atoms with Crippen LogP contribution >= 0.6 is 0 Å². The van der Waals surface area contributed by atoms with Crippen LogP contribution in [0.3, 0.4) is 0 Å². The Morgan fingerprint density at radius 1 is 1.12 bits per heavy atom. The van der Waals surface area contributed by atoms with Crippen LogP contribution in [-0.2, 0) is 4.74 Å². The molecule has 1 aliphatic heterocycles. The first kappa shape index (κ1) is 18.5. The second kappa shape index (κ2) is 9.49. The van der Waals surface area contributed by atoms with E-state index in [1.54, 1.807) is 39.5 Å². The summed E-state index contributed by atoms with van der Waals surface area (Å²) in [4.78, 5) is 14.8. The summed E-state index contributed by atoms with van der Waals surface area (Å²) in [6.07, 6.45) is 2.21. The van der Waals surface area contributed by atoms with E-state index in [1.807, 2.05) is 0 Å². The highest BCUT2D eigenvalue weighted by molar-refractivity contribution is 5.95. The highest BCUT2D eigenvalue weighted by atomic mass is 16.5. The first-order chi connectivity index (χ1) is 11.7. The topological polar surface area (TPSA) is 60.0 Å². The van der Waals surface area contributed by atoms with Crippen LogP contribution in [0.5, 0.6) is 11.5 Å². The van der Waals surface area contributed by atoms with E-state index in [4.69, 9.17) is 14.2 Å². The molecule has 24 heavy (non-hydrogen) atoms. The number of hydrogen-bond acceptors (Lipinski definition) is 5. The van der Waals surface area contributed by atoms with Crippen molar-refractivity contribution in [1.29, 1.82) is 0 Å². The van der Waals surface area contributed by atoms with Gasteiger partial charge >= 0.3 is 0 Å². The fraction of sp³-hybridized carbons (Fsp3) is 0.611. The molecule has 6 nitrogen and oxygen atoms in total. The van der Waals surface area contributed by atoms with Crippen molar-refractivity contribution in [2.45, 2.75) is 12.8 Å². The lowest BCUT2D eigenvalue weighted by atomic mass is 9.96. The van der Waals surface area contributed by atoms with Crippen molar-refractivity contribution in [2.24, 2.45) is 5.92 Å². The first-order valence-electron chi connectivity index (χ1n) is 8.38. The van der Waals surface area contributed by atoms with E-state index in [-0.39, 0.29) is 5.91 Å². The average molecular weight is 336 g/mol. The summed E-state index contributed by atoms with van der Waals surface area (Å²) in [7, 11) is 4.89. The van der Waals surface area contributed by atoms with E-state index in [0.717, 1.165) is 39.1 Å². The zero-order valence-corrected chi connectivity index (χ0v) is 14.8. The molecule has 2 rings (SSSR count). The van der Waals surface area contributed by atoms with Gasteiger partial charge in [-0.05, 0) is 44.0 Å². The zero-order chi connectivity index (χ0) is 17.4. The molecule has 0 radical (unpaired) electrons. The largest absolute Gasteiger partial charge is 0.497 e. The lowest BCUT2D eigenvalue weighted by molar-refractivity contribution is 0.0925. The van der Waals surface area contributed by atoms with Gasteiger partial charge in [-0.2, -0.15) is 0 Å². The molecule has 6 heteroatoms. The predicted molar refractivity (Wildman–Crippen MR) is 92.9 cm³/mol. The summed E-state index contributed by atoms with van der Waals surface area (Å²) in [5, 5.41) is 3.04. The maximum absolute atomic E-state index is 12.4. The van der Waals surface area contributed by atoms with E-state index in [2.05, 4.69) is 10.2 Å². The molecule has 0 spiro atoms. The van der Waals surface area contributed by atoms with Gasteiger partial charge in [0, 0.05) is 31.8 Å². The normalized spacial score (nSPS) is 16.0. The van der Waals surface area contributed by atoms with E-state index in [0.29, 0.717) is 29.5 Å². The van der Waals surface area contributed by atoms with Gasteiger partial charge in [0.25, 0.3) is 5.91 Å². The van der Waals surface area contributed by atoms with Crippen molar-refractivity contribution in [1.82, 2.24) is 10.2 Å². The number of carbonyl (C=O) groups excluding carboxylic acids is 1. The predicted octanol–water partition coefficient (Wildman–Crippen LogP) is 1.79. The molecule has 0 saturated carbocycles. The molecule has 1 amide bonds. The van der Waals surface area contributed by atoms with E-state index < -0.39 is 0 Å². The summed E-state index contributed by atoms with van der Waals surface area (Å²) < 4.78 is 15.5. The van der Waals surface area contributed by atoms with Gasteiger partial charge < -0.3 is 24.4 Å². The Balaban J connectivity index is 1.81. The number of hydrogen-bond donors (Lipinski definition) is 1. The lowest BCUT2D eigenvalue weighted by Gasteiger charge is -2.31. The molecule has 134 valence electrons. The number of rotatable bonds is 8. The number of ether oxygens (including phenoxy) is 3. The summed E-state index contributed by atoms with van der Waals surface area (Å²) in [6, 6.07) is 5.21. The zero-order valence-electron chi connectivity index (χ0n) is 14.8. The molecule has 1 saturated heterocycles. The fourth-order valence-electron chi connectivity index (χ4n) is 2.91. The van der Waals surface area contributed by atoms with Crippen molar-refractivity contribution >= 4 is 5.91 Å². The van der Waals surface area contributed by atoms with Gasteiger partial charge in [-0.25, -0.2) is 0 Å². The van der Waals surface area contributed by atoms with Gasteiger partial charge in [0.1, 0.15) is 11.5 Å². The van der Waals surface area contributed by atoms with Crippen molar-refractivity contribution in [3.63, 3.8) is 0 Å². The Hall–Kier alpha value is -1.79. The third-order valence-corrected chi connectivity index (χ3v) is 4.48. The molecule has 1 aliphatic rings. The van der Waals surface area contributed by atoms with Gasteiger partial charge in [-0.1, -0.05) is 0 Å². The Morgan fingerprint density at radius 2 is 1.75 bits per heavy atom. The van der Waals surface area contributed by atoms with Crippen molar-refractivity contribution in [3.05, 3.63) is 23.8 Å². The monoisotopic (exact) mass is 336 g/mol. The van der Waals surface area contributed by atoms with Gasteiger partial charge in [0.2, 0.25) is 0 Å². The highest BCUT2D eigenvalue weighted by Gasteiger charge is 2.20. The number of nitrogens with zero attached hydrogens (tertiary/aromatic N) is 1. The van der Waals surface area contributed by atoms with Crippen LogP contribution in [0.4, 0.5) is 0 Å². The minimum Gasteiger partial charge on any atom is -0.497 e. The first-order valence-corrected chi connectivity index (χ1v) is 8.38. The molecular formula is C18H28N2O4. The molecule has 1 aromatic rings. The van der Waals surface area contributed by atoms with Crippen LogP contribution in [0, 0.1) is 5.92 Å². The van der Waals surface area contributed by atoms with Crippen LogP contribution in [0.25, 0.3) is 0 Å². The summed E-state index contributed by atoms with van der Waals surface area (Å²) >= 11 is 0. The third-order valence-electron chi connectivity index (χ3n) is 4.48. The molecule has 0 aromatic heterocycles. The Labute approximate surface area is 144 Å². The number of likely N-dealkylation sites (tertiary alicyclic amines) is 1. The van der Waals surface area contributed by atoms with E-state index in [9.17, 15) is 4.79 Å². The minimum atomic E-state index is -0.0889. The minimum absolute atomic E-state index is 0.0889. The molecule has 1 fully saturated rings. The average Bonchev–Trinajstić information content (AvgIpc) is 2.64. The van der Waals surface area contributed by atoms with Gasteiger partial charge in [-0.3, -0.25) is 4.79 Å². The number of amides is 1. The quantitative estimate of drug-likeness (QED) is 0.784. The number of piperidine rings is 1. The Kier molecular flexibility index (Phi) is 7.34. The molecule has 0 aliphatic carbocycles.